The van der Waals surface area contributed by atoms with E-state index in [1.165, 1.54) is 12.8 Å². The monoisotopic (exact) mass is 237 g/mol. The molecule has 1 aromatic rings. The third-order valence-corrected chi connectivity index (χ3v) is 2.96. The normalized spacial score (nSPS) is 13.4. The average molecular weight is 237 g/mol. The van der Waals surface area contributed by atoms with Gasteiger partial charge in [0, 0.05) is 18.3 Å². The average Bonchev–Trinajstić information content (AvgIpc) is 2.56. The molecule has 0 aliphatic rings. The minimum atomic E-state index is 0.455. The fraction of sp³-hybridized carbons (Fsp3) is 0.786. The summed E-state index contributed by atoms with van der Waals surface area (Å²) >= 11 is 0. The summed E-state index contributed by atoms with van der Waals surface area (Å²) in [7, 11) is 0. The van der Waals surface area contributed by atoms with Crippen molar-refractivity contribution in [3.8, 4) is 0 Å². The van der Waals surface area contributed by atoms with Crippen molar-refractivity contribution in [1.82, 2.24) is 9.55 Å². The summed E-state index contributed by atoms with van der Waals surface area (Å²) in [6.07, 6.45) is 4.57. The van der Waals surface area contributed by atoms with Gasteiger partial charge in [-0.2, -0.15) is 0 Å². The molecule has 0 saturated carbocycles. The Balaban J connectivity index is 2.61. The standard InChI is InChI=1S/C14H27N3/c1-10(2)7-8-12(5)15-14-16-13(6)9-17(14)11(3)4/h9-12H,7-8H2,1-6H3,(H,15,16). The van der Waals surface area contributed by atoms with Gasteiger partial charge in [-0.15, -0.1) is 0 Å². The van der Waals surface area contributed by atoms with Gasteiger partial charge < -0.3 is 9.88 Å². The molecule has 1 rings (SSSR count). The van der Waals surface area contributed by atoms with Gasteiger partial charge >= 0.3 is 0 Å². The zero-order valence-electron chi connectivity index (χ0n) is 12.1. The van der Waals surface area contributed by atoms with Crippen molar-refractivity contribution in [2.45, 2.75) is 66.5 Å². The van der Waals surface area contributed by atoms with E-state index in [-0.39, 0.29) is 0 Å². The molecule has 0 radical (unpaired) electrons. The SMILES string of the molecule is Cc1cn(C(C)C)c(NC(C)CCC(C)C)n1. The predicted octanol–water partition coefficient (Wildman–Crippen LogP) is 4.01. The molecule has 1 unspecified atom stereocenters. The van der Waals surface area contributed by atoms with Gasteiger partial charge in [-0.25, -0.2) is 4.98 Å². The van der Waals surface area contributed by atoms with Crippen LogP contribution in [0.5, 0.6) is 0 Å². The third kappa shape index (κ3) is 4.41. The first-order valence-corrected chi connectivity index (χ1v) is 6.72. The summed E-state index contributed by atoms with van der Waals surface area (Å²) < 4.78 is 2.21. The van der Waals surface area contributed by atoms with Gasteiger partial charge in [-0.3, -0.25) is 0 Å². The number of imidazole rings is 1. The molecule has 0 spiro atoms. The molecule has 0 amide bonds. The Hall–Kier alpha value is -0.990. The van der Waals surface area contributed by atoms with Gasteiger partial charge in [0.05, 0.1) is 5.69 Å². The van der Waals surface area contributed by atoms with E-state index in [4.69, 9.17) is 0 Å². The number of aryl methyl sites for hydroxylation is 1. The Kier molecular flexibility index (Phi) is 5.03. The summed E-state index contributed by atoms with van der Waals surface area (Å²) in [6, 6.07) is 0.938. The van der Waals surface area contributed by atoms with Crippen LogP contribution in [0.3, 0.4) is 0 Å². The van der Waals surface area contributed by atoms with E-state index >= 15 is 0 Å². The van der Waals surface area contributed by atoms with E-state index in [0.717, 1.165) is 17.6 Å². The molecule has 0 bridgehead atoms. The van der Waals surface area contributed by atoms with Gasteiger partial charge in [-0.1, -0.05) is 13.8 Å². The summed E-state index contributed by atoms with van der Waals surface area (Å²) in [6.45, 7) is 13.2. The van der Waals surface area contributed by atoms with E-state index in [1.54, 1.807) is 0 Å². The molecule has 3 heteroatoms. The second-order valence-electron chi connectivity index (χ2n) is 5.72. The van der Waals surface area contributed by atoms with Crippen LogP contribution in [-0.4, -0.2) is 15.6 Å². The van der Waals surface area contributed by atoms with Crippen molar-refractivity contribution >= 4 is 5.95 Å². The van der Waals surface area contributed by atoms with Crippen molar-refractivity contribution in [1.29, 1.82) is 0 Å². The van der Waals surface area contributed by atoms with E-state index in [9.17, 15) is 0 Å². The highest BCUT2D eigenvalue weighted by molar-refractivity contribution is 5.30. The zero-order chi connectivity index (χ0) is 13.0. The quantitative estimate of drug-likeness (QED) is 0.810. The van der Waals surface area contributed by atoms with Crippen molar-refractivity contribution in [3.05, 3.63) is 11.9 Å². The molecule has 1 N–H and O–H groups in total. The lowest BCUT2D eigenvalue weighted by Gasteiger charge is -2.18. The molecular weight excluding hydrogens is 210 g/mol. The Bertz CT molecular complexity index is 339. The van der Waals surface area contributed by atoms with Crippen LogP contribution in [0.25, 0.3) is 0 Å². The smallest absolute Gasteiger partial charge is 0.203 e. The van der Waals surface area contributed by atoms with Crippen LogP contribution in [0, 0.1) is 12.8 Å². The number of nitrogens with zero attached hydrogens (tertiary/aromatic N) is 2. The first-order valence-electron chi connectivity index (χ1n) is 6.72. The Morgan fingerprint density at radius 1 is 1.18 bits per heavy atom. The molecule has 1 aromatic heterocycles. The largest absolute Gasteiger partial charge is 0.353 e. The number of nitrogens with one attached hydrogen (secondary N) is 1. The van der Waals surface area contributed by atoms with Crippen LogP contribution >= 0.6 is 0 Å². The van der Waals surface area contributed by atoms with Crippen LogP contribution in [0.1, 0.15) is 59.2 Å². The van der Waals surface area contributed by atoms with Crippen LogP contribution in [0.15, 0.2) is 6.20 Å². The van der Waals surface area contributed by atoms with Gasteiger partial charge in [0.15, 0.2) is 0 Å². The topological polar surface area (TPSA) is 29.9 Å². The second kappa shape index (κ2) is 6.08. The maximum absolute atomic E-state index is 4.55. The molecular formula is C14H27N3. The maximum Gasteiger partial charge on any atom is 0.203 e. The maximum atomic E-state index is 4.55. The van der Waals surface area contributed by atoms with Crippen molar-refractivity contribution in [3.63, 3.8) is 0 Å². The molecule has 1 heterocycles. The predicted molar refractivity (Wildman–Crippen MR) is 74.5 cm³/mol. The Labute approximate surface area is 106 Å². The van der Waals surface area contributed by atoms with Crippen LogP contribution in [-0.2, 0) is 0 Å². The highest BCUT2D eigenvalue weighted by atomic mass is 15.2. The number of anilines is 1. The van der Waals surface area contributed by atoms with Crippen molar-refractivity contribution in [2.75, 3.05) is 5.32 Å². The number of aromatic nitrogens is 2. The van der Waals surface area contributed by atoms with Gasteiger partial charge in [0.1, 0.15) is 0 Å². The number of rotatable bonds is 6. The summed E-state index contributed by atoms with van der Waals surface area (Å²) in [5.74, 6) is 1.78. The second-order valence-corrected chi connectivity index (χ2v) is 5.72. The molecule has 0 aromatic carbocycles. The van der Waals surface area contributed by atoms with Gasteiger partial charge in [0.25, 0.3) is 0 Å². The minimum Gasteiger partial charge on any atom is -0.353 e. The third-order valence-electron chi connectivity index (χ3n) is 2.96. The molecule has 0 fully saturated rings. The molecule has 1 atom stereocenters. The molecule has 0 saturated heterocycles. The molecule has 17 heavy (non-hydrogen) atoms. The van der Waals surface area contributed by atoms with Crippen molar-refractivity contribution in [2.24, 2.45) is 5.92 Å². The van der Waals surface area contributed by atoms with E-state index in [1.807, 2.05) is 6.92 Å². The zero-order valence-corrected chi connectivity index (χ0v) is 12.1. The lowest BCUT2D eigenvalue weighted by Crippen LogP contribution is -2.19. The number of hydrogen-bond donors (Lipinski definition) is 1. The molecule has 0 aliphatic heterocycles. The highest BCUT2D eigenvalue weighted by Crippen LogP contribution is 2.17. The van der Waals surface area contributed by atoms with E-state index in [2.05, 4.69) is 55.7 Å². The molecule has 3 nitrogen and oxygen atoms in total. The fourth-order valence-corrected chi connectivity index (χ4v) is 1.89. The molecule has 0 aliphatic carbocycles. The summed E-state index contributed by atoms with van der Waals surface area (Å²) in [4.78, 5) is 4.55. The molecule has 98 valence electrons. The van der Waals surface area contributed by atoms with Crippen LogP contribution < -0.4 is 5.32 Å². The Morgan fingerprint density at radius 2 is 1.82 bits per heavy atom. The lowest BCUT2D eigenvalue weighted by molar-refractivity contribution is 0.521. The number of hydrogen-bond acceptors (Lipinski definition) is 2. The van der Waals surface area contributed by atoms with Crippen molar-refractivity contribution < 1.29 is 0 Å². The van der Waals surface area contributed by atoms with E-state index in [0.29, 0.717) is 12.1 Å². The minimum absolute atomic E-state index is 0.455. The van der Waals surface area contributed by atoms with E-state index < -0.39 is 0 Å². The van der Waals surface area contributed by atoms with Crippen LogP contribution in [0.2, 0.25) is 0 Å². The lowest BCUT2D eigenvalue weighted by atomic mass is 10.0. The highest BCUT2D eigenvalue weighted by Gasteiger charge is 2.11. The van der Waals surface area contributed by atoms with Gasteiger partial charge in [0.2, 0.25) is 5.95 Å². The first-order chi connectivity index (χ1) is 7.90. The van der Waals surface area contributed by atoms with Gasteiger partial charge in [-0.05, 0) is 46.5 Å². The fourth-order valence-electron chi connectivity index (χ4n) is 1.89. The first kappa shape index (κ1) is 14.1. The van der Waals surface area contributed by atoms with Crippen LogP contribution in [0.4, 0.5) is 5.95 Å². The Morgan fingerprint density at radius 3 is 2.35 bits per heavy atom. The summed E-state index contributed by atoms with van der Waals surface area (Å²) in [5, 5.41) is 3.52. The summed E-state index contributed by atoms with van der Waals surface area (Å²) in [5.41, 5.74) is 1.08.